The first-order valence-electron chi connectivity index (χ1n) is 9.29. The molecule has 3 aromatic rings. The minimum Gasteiger partial charge on any atom is -0.493 e. The fraction of sp³-hybridized carbons (Fsp3) is 0.227. The molecular formula is C22H24N4O3. The molecule has 0 spiro atoms. The van der Waals surface area contributed by atoms with Crippen molar-refractivity contribution < 1.29 is 14.3 Å². The summed E-state index contributed by atoms with van der Waals surface area (Å²) in [6.45, 7) is 4.32. The third kappa shape index (κ3) is 5.44. The van der Waals surface area contributed by atoms with Crippen LogP contribution in [0.1, 0.15) is 29.8 Å². The minimum absolute atomic E-state index is 0.157. The highest BCUT2D eigenvalue weighted by Crippen LogP contribution is 2.31. The fourth-order valence-electron chi connectivity index (χ4n) is 2.69. The molecule has 0 atom stereocenters. The number of pyridine rings is 2. The van der Waals surface area contributed by atoms with Crippen molar-refractivity contribution in [2.45, 2.75) is 26.5 Å². The quantitative estimate of drug-likeness (QED) is 0.599. The second-order valence-electron chi connectivity index (χ2n) is 6.67. The third-order valence-corrected chi connectivity index (χ3v) is 4.02. The van der Waals surface area contributed by atoms with E-state index < -0.39 is 0 Å². The topological polar surface area (TPSA) is 85.4 Å². The summed E-state index contributed by atoms with van der Waals surface area (Å²) in [4.78, 5) is 21.1. The van der Waals surface area contributed by atoms with Gasteiger partial charge < -0.3 is 20.1 Å². The average molecular weight is 392 g/mol. The molecule has 7 heteroatoms. The highest BCUT2D eigenvalue weighted by molar-refractivity contribution is 6.07. The van der Waals surface area contributed by atoms with Gasteiger partial charge in [-0.2, -0.15) is 0 Å². The van der Waals surface area contributed by atoms with E-state index in [1.807, 2.05) is 26.0 Å². The highest BCUT2D eigenvalue weighted by Gasteiger charge is 2.14. The number of aromatic nitrogens is 2. The van der Waals surface area contributed by atoms with Crippen molar-refractivity contribution in [3.05, 3.63) is 72.2 Å². The molecule has 3 rings (SSSR count). The van der Waals surface area contributed by atoms with Gasteiger partial charge in [0, 0.05) is 41.9 Å². The van der Waals surface area contributed by atoms with Gasteiger partial charge in [-0.15, -0.1) is 0 Å². The predicted octanol–water partition coefficient (Wildman–Crippen LogP) is 4.14. The number of hydrogen-bond acceptors (Lipinski definition) is 6. The molecule has 0 bridgehead atoms. The molecule has 2 aromatic heterocycles. The maximum Gasteiger partial charge on any atom is 0.259 e. The van der Waals surface area contributed by atoms with E-state index in [2.05, 4.69) is 20.6 Å². The van der Waals surface area contributed by atoms with Gasteiger partial charge in [-0.05, 0) is 44.2 Å². The van der Waals surface area contributed by atoms with Crippen LogP contribution in [0.4, 0.5) is 11.5 Å². The van der Waals surface area contributed by atoms with Crippen LogP contribution in [0.25, 0.3) is 0 Å². The van der Waals surface area contributed by atoms with E-state index in [0.29, 0.717) is 35.2 Å². The van der Waals surface area contributed by atoms with Gasteiger partial charge in [0.25, 0.3) is 5.91 Å². The van der Waals surface area contributed by atoms with Gasteiger partial charge in [0.15, 0.2) is 11.5 Å². The highest BCUT2D eigenvalue weighted by atomic mass is 16.5. The monoisotopic (exact) mass is 392 g/mol. The van der Waals surface area contributed by atoms with Crippen LogP contribution in [0, 0.1) is 0 Å². The molecule has 0 saturated carbocycles. The number of rotatable bonds is 8. The van der Waals surface area contributed by atoms with Crippen molar-refractivity contribution in [1.29, 1.82) is 0 Å². The van der Waals surface area contributed by atoms with Crippen molar-refractivity contribution in [2.24, 2.45) is 0 Å². The second-order valence-corrected chi connectivity index (χ2v) is 6.67. The maximum atomic E-state index is 12.8. The van der Waals surface area contributed by atoms with Crippen LogP contribution in [0.5, 0.6) is 11.5 Å². The summed E-state index contributed by atoms with van der Waals surface area (Å²) in [7, 11) is 1.57. The Morgan fingerprint density at radius 1 is 1.10 bits per heavy atom. The van der Waals surface area contributed by atoms with E-state index in [-0.39, 0.29) is 11.9 Å². The molecule has 0 fully saturated rings. The summed E-state index contributed by atoms with van der Waals surface area (Å²) in [5, 5.41) is 6.08. The van der Waals surface area contributed by atoms with E-state index in [0.717, 1.165) is 5.56 Å². The first-order chi connectivity index (χ1) is 14.1. The summed E-state index contributed by atoms with van der Waals surface area (Å²) in [6.07, 6.45) is 5.10. The van der Waals surface area contributed by atoms with Gasteiger partial charge in [0.2, 0.25) is 0 Å². The van der Waals surface area contributed by atoms with Crippen LogP contribution < -0.4 is 20.1 Å². The number of amides is 1. The number of nitrogens with one attached hydrogen (secondary N) is 2. The second kappa shape index (κ2) is 9.54. The Bertz CT molecular complexity index is 961. The molecule has 0 unspecified atom stereocenters. The Morgan fingerprint density at radius 3 is 2.66 bits per heavy atom. The number of hydrogen-bond donors (Lipinski definition) is 2. The van der Waals surface area contributed by atoms with Crippen LogP contribution in [0.2, 0.25) is 0 Å². The maximum absolute atomic E-state index is 12.8. The zero-order chi connectivity index (χ0) is 20.6. The molecule has 2 heterocycles. The summed E-state index contributed by atoms with van der Waals surface area (Å²) in [5.41, 5.74) is 2.00. The molecule has 1 amide bonds. The van der Waals surface area contributed by atoms with Crippen LogP contribution in [0.15, 0.2) is 61.1 Å². The molecule has 0 aliphatic carbocycles. The van der Waals surface area contributed by atoms with Gasteiger partial charge in [-0.1, -0.05) is 6.07 Å². The predicted molar refractivity (Wildman–Crippen MR) is 113 cm³/mol. The molecule has 0 aliphatic rings. The molecule has 1 aromatic carbocycles. The summed E-state index contributed by atoms with van der Waals surface area (Å²) < 4.78 is 11.2. The van der Waals surface area contributed by atoms with Crippen molar-refractivity contribution in [2.75, 3.05) is 17.7 Å². The van der Waals surface area contributed by atoms with E-state index in [9.17, 15) is 4.79 Å². The lowest BCUT2D eigenvalue weighted by molar-refractivity contribution is 0.102. The summed E-state index contributed by atoms with van der Waals surface area (Å²) in [5.74, 6) is 1.39. The third-order valence-electron chi connectivity index (χ3n) is 4.02. The van der Waals surface area contributed by atoms with Crippen LogP contribution in [-0.2, 0) is 6.61 Å². The number of benzene rings is 1. The minimum atomic E-state index is -0.260. The number of nitrogens with zero attached hydrogens (tertiary/aromatic N) is 2. The standard InChI is InChI=1S/C22H24N4O3/c1-15(2)25-21-18(7-5-11-24-21)22(27)26-17-8-9-19(28-3)20(12-17)29-14-16-6-4-10-23-13-16/h4-13,15H,14H2,1-3H3,(H,24,25)(H,26,27). The lowest BCUT2D eigenvalue weighted by Gasteiger charge is -2.15. The van der Waals surface area contributed by atoms with E-state index in [4.69, 9.17) is 9.47 Å². The van der Waals surface area contributed by atoms with Gasteiger partial charge in [0.1, 0.15) is 12.4 Å². The van der Waals surface area contributed by atoms with E-state index >= 15 is 0 Å². The fourth-order valence-corrected chi connectivity index (χ4v) is 2.69. The molecular weight excluding hydrogens is 368 g/mol. The SMILES string of the molecule is COc1ccc(NC(=O)c2cccnc2NC(C)C)cc1OCc1cccnc1. The Balaban J connectivity index is 1.77. The Hall–Kier alpha value is -3.61. The zero-order valence-electron chi connectivity index (χ0n) is 16.7. The zero-order valence-corrected chi connectivity index (χ0v) is 16.7. The van der Waals surface area contributed by atoms with Gasteiger partial charge >= 0.3 is 0 Å². The lowest BCUT2D eigenvalue weighted by atomic mass is 10.2. The van der Waals surface area contributed by atoms with Gasteiger partial charge in [0.05, 0.1) is 12.7 Å². The van der Waals surface area contributed by atoms with Crippen molar-refractivity contribution in [3.8, 4) is 11.5 Å². The van der Waals surface area contributed by atoms with Gasteiger partial charge in [-0.3, -0.25) is 9.78 Å². The smallest absolute Gasteiger partial charge is 0.259 e. The Labute approximate surface area is 170 Å². The Morgan fingerprint density at radius 2 is 1.93 bits per heavy atom. The molecule has 29 heavy (non-hydrogen) atoms. The summed E-state index contributed by atoms with van der Waals surface area (Å²) in [6, 6.07) is 12.7. The molecule has 150 valence electrons. The van der Waals surface area contributed by atoms with E-state index in [1.165, 1.54) is 0 Å². The van der Waals surface area contributed by atoms with Gasteiger partial charge in [-0.25, -0.2) is 4.98 Å². The molecule has 0 aliphatic heterocycles. The van der Waals surface area contributed by atoms with Crippen molar-refractivity contribution >= 4 is 17.4 Å². The van der Waals surface area contributed by atoms with E-state index in [1.54, 1.807) is 56.0 Å². The molecule has 0 saturated heterocycles. The number of ether oxygens (including phenoxy) is 2. The molecule has 0 radical (unpaired) electrons. The van der Waals surface area contributed by atoms with Crippen LogP contribution >= 0.6 is 0 Å². The first-order valence-corrected chi connectivity index (χ1v) is 9.29. The average Bonchev–Trinajstić information content (AvgIpc) is 2.73. The lowest BCUT2D eigenvalue weighted by Crippen LogP contribution is -2.18. The van der Waals surface area contributed by atoms with Crippen molar-refractivity contribution in [3.63, 3.8) is 0 Å². The van der Waals surface area contributed by atoms with Crippen LogP contribution in [-0.4, -0.2) is 29.0 Å². The first kappa shape index (κ1) is 20.1. The van der Waals surface area contributed by atoms with Crippen LogP contribution in [0.3, 0.4) is 0 Å². The molecule has 2 N–H and O–H groups in total. The Kier molecular flexibility index (Phi) is 6.63. The number of carbonyl (C=O) groups excluding carboxylic acids is 1. The largest absolute Gasteiger partial charge is 0.493 e. The number of anilines is 2. The number of carbonyl (C=O) groups is 1. The normalized spacial score (nSPS) is 10.5. The summed E-state index contributed by atoms with van der Waals surface area (Å²) >= 11 is 0. The molecule has 7 nitrogen and oxygen atoms in total. The number of methoxy groups -OCH3 is 1. The van der Waals surface area contributed by atoms with Crippen molar-refractivity contribution in [1.82, 2.24) is 9.97 Å².